The number of carbonyl (C=O) groups is 1. The van der Waals surface area contributed by atoms with Crippen LogP contribution in [-0.2, 0) is 6.61 Å². The number of ether oxygens (including phenoxy) is 3. The molecule has 1 N–H and O–H groups in total. The number of rotatable bonds is 11. The summed E-state index contributed by atoms with van der Waals surface area (Å²) in [5.41, 5.74) is 4.47. The molecule has 0 bridgehead atoms. The third-order valence-corrected chi connectivity index (χ3v) is 8.12. The normalized spacial score (nSPS) is 11.4. The van der Waals surface area contributed by atoms with Gasteiger partial charge in [-0.05, 0) is 101 Å². The smallest absolute Gasteiger partial charge is 0.335 e. The van der Waals surface area contributed by atoms with Crippen molar-refractivity contribution in [1.82, 2.24) is 9.66 Å². The molecular weight excluding hydrogens is 650 g/mol. The van der Waals surface area contributed by atoms with Crippen molar-refractivity contribution >= 4 is 39.0 Å². The minimum Gasteiger partial charge on any atom is -0.494 e. The van der Waals surface area contributed by atoms with Gasteiger partial charge in [-0.2, -0.15) is 9.78 Å². The Hall–Kier alpha value is -4.96. The van der Waals surface area contributed by atoms with E-state index in [2.05, 4.69) is 34.9 Å². The zero-order valence-corrected chi connectivity index (χ0v) is 27.8. The number of halogens is 1. The highest BCUT2D eigenvalue weighted by molar-refractivity contribution is 9.10. The average molecular weight is 685 g/mol. The lowest BCUT2D eigenvalue weighted by atomic mass is 9.96. The highest BCUT2D eigenvalue weighted by Crippen LogP contribution is 2.35. The number of aromatic nitrogens is 2. The third kappa shape index (κ3) is 6.82. The van der Waals surface area contributed by atoms with E-state index < -0.39 is 5.97 Å². The van der Waals surface area contributed by atoms with Crippen molar-refractivity contribution in [1.29, 1.82) is 0 Å². The van der Waals surface area contributed by atoms with Crippen molar-refractivity contribution in [2.24, 2.45) is 5.10 Å². The van der Waals surface area contributed by atoms with Crippen LogP contribution in [0.2, 0.25) is 0 Å². The number of aromatic carboxylic acids is 1. The molecular formula is C36H34BrN3O6. The molecule has 0 atom stereocenters. The van der Waals surface area contributed by atoms with E-state index in [4.69, 9.17) is 19.2 Å². The van der Waals surface area contributed by atoms with E-state index in [0.29, 0.717) is 50.4 Å². The Morgan fingerprint density at radius 1 is 1.02 bits per heavy atom. The van der Waals surface area contributed by atoms with Gasteiger partial charge in [0.1, 0.15) is 12.4 Å². The van der Waals surface area contributed by atoms with E-state index in [1.807, 2.05) is 38.1 Å². The number of hydrogen-bond acceptors (Lipinski definition) is 7. The van der Waals surface area contributed by atoms with Gasteiger partial charge in [0.25, 0.3) is 5.56 Å². The minimum absolute atomic E-state index is 0.138. The molecule has 0 spiro atoms. The van der Waals surface area contributed by atoms with Gasteiger partial charge in [-0.25, -0.2) is 9.78 Å². The molecule has 236 valence electrons. The summed E-state index contributed by atoms with van der Waals surface area (Å²) in [6, 6.07) is 21.3. The number of carboxylic acid groups (broad SMARTS) is 1. The first-order valence-corrected chi connectivity index (χ1v) is 15.6. The van der Waals surface area contributed by atoms with Gasteiger partial charge in [-0.3, -0.25) is 4.79 Å². The van der Waals surface area contributed by atoms with Crippen molar-refractivity contribution in [2.75, 3.05) is 13.7 Å². The van der Waals surface area contributed by atoms with Crippen LogP contribution in [0.5, 0.6) is 17.2 Å². The van der Waals surface area contributed by atoms with Gasteiger partial charge in [0.2, 0.25) is 0 Å². The fourth-order valence-corrected chi connectivity index (χ4v) is 5.50. The Balaban J connectivity index is 1.56. The van der Waals surface area contributed by atoms with E-state index in [-0.39, 0.29) is 23.6 Å². The summed E-state index contributed by atoms with van der Waals surface area (Å²) in [4.78, 5) is 30.1. The lowest BCUT2D eigenvalue weighted by molar-refractivity contribution is 0.0696. The number of nitrogens with zero attached hydrogens (tertiary/aromatic N) is 3. The molecule has 0 aliphatic carbocycles. The first kappa shape index (κ1) is 32.4. The Labute approximate surface area is 275 Å². The average Bonchev–Trinajstić information content (AvgIpc) is 3.04. The van der Waals surface area contributed by atoms with Crippen LogP contribution in [0, 0.1) is 6.92 Å². The lowest BCUT2D eigenvalue weighted by Crippen LogP contribution is -2.21. The second-order valence-corrected chi connectivity index (χ2v) is 11.8. The number of benzene rings is 4. The van der Waals surface area contributed by atoms with E-state index in [0.717, 1.165) is 22.4 Å². The second kappa shape index (κ2) is 14.0. The van der Waals surface area contributed by atoms with E-state index >= 15 is 0 Å². The zero-order valence-electron chi connectivity index (χ0n) is 26.2. The van der Waals surface area contributed by atoms with Crippen molar-refractivity contribution < 1.29 is 24.1 Å². The Kier molecular flexibility index (Phi) is 9.87. The Bertz CT molecular complexity index is 2020. The van der Waals surface area contributed by atoms with Crippen molar-refractivity contribution in [3.63, 3.8) is 0 Å². The van der Waals surface area contributed by atoms with E-state index in [1.165, 1.54) is 17.9 Å². The van der Waals surface area contributed by atoms with Gasteiger partial charge >= 0.3 is 5.97 Å². The first-order chi connectivity index (χ1) is 22.1. The van der Waals surface area contributed by atoms with Crippen LogP contribution in [0.25, 0.3) is 22.3 Å². The molecule has 0 saturated carbocycles. The van der Waals surface area contributed by atoms with Crippen LogP contribution >= 0.6 is 15.9 Å². The van der Waals surface area contributed by atoms with Crippen LogP contribution in [0.1, 0.15) is 59.3 Å². The van der Waals surface area contributed by atoms with Crippen LogP contribution in [-0.4, -0.2) is 40.7 Å². The maximum absolute atomic E-state index is 13.9. The van der Waals surface area contributed by atoms with Crippen LogP contribution in [0.15, 0.2) is 87.2 Å². The maximum atomic E-state index is 13.9. The summed E-state index contributed by atoms with van der Waals surface area (Å²) in [5, 5.41) is 14.4. The fraction of sp³-hybridized carbons (Fsp3) is 0.222. The summed E-state index contributed by atoms with van der Waals surface area (Å²) < 4.78 is 19.5. The van der Waals surface area contributed by atoms with Crippen LogP contribution in [0.4, 0.5) is 0 Å². The molecule has 5 rings (SSSR count). The predicted octanol–water partition coefficient (Wildman–Crippen LogP) is 7.82. The van der Waals surface area contributed by atoms with E-state index in [1.54, 1.807) is 48.7 Å². The molecule has 5 aromatic rings. The van der Waals surface area contributed by atoms with Crippen LogP contribution < -0.4 is 19.8 Å². The highest BCUT2D eigenvalue weighted by Gasteiger charge is 2.19. The fourth-order valence-electron chi connectivity index (χ4n) is 5.07. The quantitative estimate of drug-likeness (QED) is 0.141. The van der Waals surface area contributed by atoms with Crippen molar-refractivity contribution in [3.05, 3.63) is 115 Å². The Morgan fingerprint density at radius 3 is 2.52 bits per heavy atom. The van der Waals surface area contributed by atoms with Gasteiger partial charge in [-0.15, -0.1) is 0 Å². The number of aryl methyl sites for hydroxylation is 1. The topological polar surface area (TPSA) is 112 Å². The molecule has 0 aliphatic heterocycles. The van der Waals surface area contributed by atoms with Gasteiger partial charge in [0.15, 0.2) is 17.3 Å². The maximum Gasteiger partial charge on any atom is 0.335 e. The molecule has 9 nitrogen and oxygen atoms in total. The number of hydrogen-bond donors (Lipinski definition) is 1. The molecule has 0 saturated heterocycles. The number of carboxylic acids is 1. The van der Waals surface area contributed by atoms with Gasteiger partial charge in [-0.1, -0.05) is 38.1 Å². The molecule has 0 amide bonds. The molecule has 0 unspecified atom stereocenters. The molecule has 1 aromatic heterocycles. The molecule has 0 radical (unpaired) electrons. The first-order valence-electron chi connectivity index (χ1n) is 14.8. The lowest BCUT2D eigenvalue weighted by Gasteiger charge is -2.18. The number of methoxy groups -OCH3 is 1. The summed E-state index contributed by atoms with van der Waals surface area (Å²) in [6.07, 6.45) is 1.57. The molecule has 46 heavy (non-hydrogen) atoms. The summed E-state index contributed by atoms with van der Waals surface area (Å²) in [6.45, 7) is 8.80. The monoisotopic (exact) mass is 683 g/mol. The largest absolute Gasteiger partial charge is 0.494 e. The molecule has 1 heterocycles. The van der Waals surface area contributed by atoms with Crippen molar-refractivity contribution in [3.8, 4) is 28.6 Å². The van der Waals surface area contributed by atoms with Crippen LogP contribution in [0.3, 0.4) is 0 Å². The standard InChI is InChI=1S/C36H34BrN3O6/c1-6-45-31-14-22(4)28(17-27(31)21(2)3)34-39-30-13-8-7-12-26(30)35(41)40(34)38-19-25-16-32(44-5)33(18-29(25)37)46-20-23-10-9-11-24(15-23)36(42)43/h7-19,21H,6,20H2,1-5H3,(H,42,43). The second-order valence-electron chi connectivity index (χ2n) is 10.9. The SMILES string of the molecule is CCOc1cc(C)c(-c2nc3ccccc3c(=O)n2N=Cc2cc(OC)c(OCc3cccc(C(=O)O)c3)cc2Br)cc1C(C)C. The minimum atomic E-state index is -1.01. The molecule has 10 heteroatoms. The summed E-state index contributed by atoms with van der Waals surface area (Å²) >= 11 is 3.60. The summed E-state index contributed by atoms with van der Waals surface area (Å²) in [5.74, 6) is 1.28. The molecule has 0 aliphatic rings. The molecule has 0 fully saturated rings. The van der Waals surface area contributed by atoms with Gasteiger partial charge in [0, 0.05) is 15.6 Å². The number of para-hydroxylation sites is 1. The number of fused-ring (bicyclic) bond motifs is 1. The third-order valence-electron chi connectivity index (χ3n) is 7.44. The highest BCUT2D eigenvalue weighted by atomic mass is 79.9. The summed E-state index contributed by atoms with van der Waals surface area (Å²) in [7, 11) is 1.53. The van der Waals surface area contributed by atoms with Gasteiger partial charge in [0.05, 0.1) is 36.4 Å². The van der Waals surface area contributed by atoms with Gasteiger partial charge < -0.3 is 19.3 Å². The zero-order chi connectivity index (χ0) is 33.0. The van der Waals surface area contributed by atoms with Crippen molar-refractivity contribution in [2.45, 2.75) is 40.2 Å². The van der Waals surface area contributed by atoms with E-state index in [9.17, 15) is 14.7 Å². The Morgan fingerprint density at radius 2 is 1.80 bits per heavy atom. The molecule has 4 aromatic carbocycles. The predicted molar refractivity (Wildman–Crippen MR) is 183 cm³/mol.